The third-order valence-electron chi connectivity index (χ3n) is 14.2. The number of ether oxygens (including phenoxy) is 1. The van der Waals surface area contributed by atoms with Crippen LogP contribution in [0.3, 0.4) is 0 Å². The Bertz CT molecular complexity index is 3660. The number of hydrogen-bond donors (Lipinski definition) is 0. The van der Waals surface area contributed by atoms with Crippen molar-refractivity contribution in [2.24, 2.45) is 0 Å². The number of pyridine rings is 1. The standard InChI is InChI=1S/C61H49N5OS/c1-60(2,3)41-30-31-62-58(33-41)65-50-29-26-40(39-16-7-6-8-17-39)32-47(50)46-28-27-45(37-55(46)65)67-44-19-15-18-42(34-44)63-38-64(53-23-12-11-22-52(53)63)43-35-49-59-57(36-43)68-56-25-14-13-24-54(56)66(59)51-21-10-9-20-48(51)61(49,4)5/h6-37H,38H2,1-5H3. The Labute approximate surface area is 401 Å². The van der Waals surface area contributed by atoms with Crippen molar-refractivity contribution in [2.75, 3.05) is 21.4 Å². The van der Waals surface area contributed by atoms with Crippen LogP contribution in [0.1, 0.15) is 51.3 Å². The van der Waals surface area contributed by atoms with E-state index in [1.54, 1.807) is 0 Å². The topological polar surface area (TPSA) is 36.8 Å². The molecule has 3 aliphatic heterocycles. The molecule has 0 saturated heterocycles. The number of rotatable bonds is 6. The summed E-state index contributed by atoms with van der Waals surface area (Å²) in [6.07, 6.45) is 1.93. The van der Waals surface area contributed by atoms with E-state index < -0.39 is 0 Å². The molecule has 6 nitrogen and oxygen atoms in total. The largest absolute Gasteiger partial charge is 0.457 e. The van der Waals surface area contributed by atoms with Gasteiger partial charge in [0.05, 0.1) is 39.5 Å². The van der Waals surface area contributed by atoms with Gasteiger partial charge in [0, 0.05) is 55.7 Å². The first-order valence-electron chi connectivity index (χ1n) is 23.5. The quantitative estimate of drug-likeness (QED) is 0.165. The first-order chi connectivity index (χ1) is 33.1. The Hall–Kier alpha value is -7.74. The zero-order chi connectivity index (χ0) is 45.9. The fraction of sp³-hybridized carbons (Fsp3) is 0.131. The smallest absolute Gasteiger partial charge is 0.137 e. The fourth-order valence-corrected chi connectivity index (χ4v) is 11.9. The van der Waals surface area contributed by atoms with Crippen molar-refractivity contribution in [3.63, 3.8) is 0 Å². The molecule has 0 saturated carbocycles. The van der Waals surface area contributed by atoms with Crippen molar-refractivity contribution in [3.05, 3.63) is 211 Å². The number of para-hydroxylation sites is 4. The van der Waals surface area contributed by atoms with Crippen molar-refractivity contribution in [1.29, 1.82) is 0 Å². The Balaban J connectivity index is 0.870. The van der Waals surface area contributed by atoms with E-state index in [4.69, 9.17) is 9.72 Å². The lowest BCUT2D eigenvalue weighted by Crippen LogP contribution is -2.33. The molecule has 0 unspecified atom stereocenters. The van der Waals surface area contributed by atoms with Gasteiger partial charge in [-0.1, -0.05) is 131 Å². The molecule has 68 heavy (non-hydrogen) atoms. The van der Waals surface area contributed by atoms with E-state index in [2.05, 4.69) is 242 Å². The molecule has 7 heteroatoms. The average Bonchev–Trinajstić information content (AvgIpc) is 3.91. The van der Waals surface area contributed by atoms with Crippen LogP contribution in [0.25, 0.3) is 38.8 Å². The summed E-state index contributed by atoms with van der Waals surface area (Å²) in [5.41, 5.74) is 16.6. The minimum atomic E-state index is -0.208. The molecule has 10 aromatic rings. The molecule has 0 N–H and O–H groups in total. The van der Waals surface area contributed by atoms with Crippen LogP contribution in [0, 0.1) is 0 Å². The molecule has 0 fully saturated rings. The second-order valence-electron chi connectivity index (χ2n) is 19.7. The van der Waals surface area contributed by atoms with Crippen LogP contribution in [0.2, 0.25) is 0 Å². The van der Waals surface area contributed by atoms with Gasteiger partial charge in [-0.3, -0.25) is 4.57 Å². The normalized spacial score (nSPS) is 14.5. The van der Waals surface area contributed by atoms with Crippen molar-refractivity contribution in [1.82, 2.24) is 9.55 Å². The lowest BCUT2D eigenvalue weighted by molar-refractivity contribution is 0.483. The first kappa shape index (κ1) is 40.5. The summed E-state index contributed by atoms with van der Waals surface area (Å²) in [5, 5.41) is 2.32. The molecule has 13 rings (SSSR count). The summed E-state index contributed by atoms with van der Waals surface area (Å²) < 4.78 is 9.14. The molecule has 0 atom stereocenters. The monoisotopic (exact) mass is 899 g/mol. The van der Waals surface area contributed by atoms with Crippen LogP contribution < -0.4 is 19.4 Å². The van der Waals surface area contributed by atoms with Crippen molar-refractivity contribution in [3.8, 4) is 28.4 Å². The molecule has 5 heterocycles. The van der Waals surface area contributed by atoms with Crippen molar-refractivity contribution < 1.29 is 4.74 Å². The molecule has 0 bridgehead atoms. The van der Waals surface area contributed by atoms with Gasteiger partial charge in [-0.2, -0.15) is 0 Å². The number of anilines is 7. The third-order valence-corrected chi connectivity index (χ3v) is 15.3. The molecule has 330 valence electrons. The highest BCUT2D eigenvalue weighted by Crippen LogP contribution is 2.61. The Morgan fingerprint density at radius 3 is 2.06 bits per heavy atom. The molecule has 0 radical (unpaired) electrons. The molecule has 0 spiro atoms. The van der Waals surface area contributed by atoms with Crippen molar-refractivity contribution in [2.45, 2.75) is 55.2 Å². The minimum Gasteiger partial charge on any atom is -0.457 e. The lowest BCUT2D eigenvalue weighted by Gasteiger charge is -2.45. The second-order valence-corrected chi connectivity index (χ2v) is 20.8. The maximum Gasteiger partial charge on any atom is 0.137 e. The molecule has 0 amide bonds. The van der Waals surface area contributed by atoms with Gasteiger partial charge in [0.25, 0.3) is 0 Å². The van der Waals surface area contributed by atoms with E-state index in [1.807, 2.05) is 18.0 Å². The highest BCUT2D eigenvalue weighted by molar-refractivity contribution is 7.99. The van der Waals surface area contributed by atoms with Gasteiger partial charge in [-0.25, -0.2) is 4.98 Å². The minimum absolute atomic E-state index is 0.0304. The van der Waals surface area contributed by atoms with Crippen LogP contribution in [-0.2, 0) is 10.8 Å². The van der Waals surface area contributed by atoms with E-state index in [1.165, 1.54) is 71.4 Å². The summed E-state index contributed by atoms with van der Waals surface area (Å²) >= 11 is 1.88. The maximum absolute atomic E-state index is 6.85. The SMILES string of the molecule is CC(C)(C)c1ccnc(-n2c3ccc(-c4ccccc4)cc3c3ccc(Oc4cccc(N5CN(c6cc7c8c(c6)C(C)(C)c6ccccc6N8c6ccccc6S7)c6ccccc65)c4)cc32)c1. The molecule has 0 aliphatic carbocycles. The summed E-state index contributed by atoms with van der Waals surface area (Å²) in [6, 6.07) is 68.1. The van der Waals surface area contributed by atoms with Gasteiger partial charge in [-0.15, -0.1) is 0 Å². The zero-order valence-electron chi connectivity index (χ0n) is 38.7. The Morgan fingerprint density at radius 2 is 1.25 bits per heavy atom. The number of fused-ring (bicyclic) bond motifs is 8. The van der Waals surface area contributed by atoms with Crippen LogP contribution >= 0.6 is 11.8 Å². The van der Waals surface area contributed by atoms with Gasteiger partial charge < -0.3 is 19.4 Å². The Morgan fingerprint density at radius 1 is 0.529 bits per heavy atom. The van der Waals surface area contributed by atoms with Crippen molar-refractivity contribution >= 4 is 73.4 Å². The molecule has 2 aromatic heterocycles. The fourth-order valence-electron chi connectivity index (χ4n) is 10.7. The maximum atomic E-state index is 6.85. The highest BCUT2D eigenvalue weighted by Gasteiger charge is 2.42. The molecule has 8 aromatic carbocycles. The van der Waals surface area contributed by atoms with E-state index in [0.29, 0.717) is 6.67 Å². The summed E-state index contributed by atoms with van der Waals surface area (Å²) in [4.78, 5) is 14.9. The van der Waals surface area contributed by atoms with E-state index in [9.17, 15) is 0 Å². The highest BCUT2D eigenvalue weighted by atomic mass is 32.2. The van der Waals surface area contributed by atoms with Gasteiger partial charge in [-0.05, 0) is 124 Å². The zero-order valence-corrected chi connectivity index (χ0v) is 39.6. The van der Waals surface area contributed by atoms with Crippen LogP contribution in [0.15, 0.2) is 204 Å². The van der Waals surface area contributed by atoms with E-state index in [-0.39, 0.29) is 10.8 Å². The number of benzene rings is 8. The number of hydrogen-bond acceptors (Lipinski definition) is 6. The average molecular weight is 900 g/mol. The molecular formula is C61H49N5OS. The number of nitrogens with zero attached hydrogens (tertiary/aromatic N) is 5. The summed E-state index contributed by atoms with van der Waals surface area (Å²) in [6.45, 7) is 12.2. The van der Waals surface area contributed by atoms with Crippen LogP contribution in [0.4, 0.5) is 39.8 Å². The predicted octanol–water partition coefficient (Wildman–Crippen LogP) is 16.8. The molecular weight excluding hydrogens is 851 g/mol. The summed E-state index contributed by atoms with van der Waals surface area (Å²) in [5.74, 6) is 2.42. The number of aromatic nitrogens is 2. The second kappa shape index (κ2) is 15.1. The van der Waals surface area contributed by atoms with E-state index in [0.717, 1.165) is 45.1 Å². The van der Waals surface area contributed by atoms with Gasteiger partial charge in [0.1, 0.15) is 24.0 Å². The first-order valence-corrected chi connectivity index (χ1v) is 24.3. The Kier molecular flexibility index (Phi) is 9.02. The predicted molar refractivity (Wildman–Crippen MR) is 282 cm³/mol. The van der Waals surface area contributed by atoms with Gasteiger partial charge in [0.2, 0.25) is 0 Å². The van der Waals surface area contributed by atoms with Crippen LogP contribution in [0.5, 0.6) is 11.5 Å². The molecule has 3 aliphatic rings. The van der Waals surface area contributed by atoms with E-state index >= 15 is 0 Å². The lowest BCUT2D eigenvalue weighted by atomic mass is 9.73. The third kappa shape index (κ3) is 6.36. The summed E-state index contributed by atoms with van der Waals surface area (Å²) in [7, 11) is 0. The van der Waals surface area contributed by atoms with Gasteiger partial charge >= 0.3 is 0 Å². The van der Waals surface area contributed by atoms with Crippen LogP contribution in [-0.4, -0.2) is 16.2 Å². The van der Waals surface area contributed by atoms with Gasteiger partial charge in [0.15, 0.2) is 0 Å².